The van der Waals surface area contributed by atoms with E-state index in [0.717, 1.165) is 10.9 Å². The van der Waals surface area contributed by atoms with Gasteiger partial charge in [0, 0.05) is 20.6 Å². The Morgan fingerprint density at radius 2 is 1.85 bits per heavy atom. The summed E-state index contributed by atoms with van der Waals surface area (Å²) in [6.07, 6.45) is 3.41. The number of ketones is 1. The number of benzene rings is 2. The summed E-state index contributed by atoms with van der Waals surface area (Å²) < 4.78 is 0.766. The predicted octanol–water partition coefficient (Wildman–Crippen LogP) is 5.68. The van der Waals surface area contributed by atoms with Crippen LogP contribution in [0, 0.1) is 0 Å². The fraction of sp³-hybridized carbons (Fsp3) is 0.235. The fourth-order valence-corrected chi connectivity index (χ4v) is 2.63. The molecule has 3 heteroatoms. The van der Waals surface area contributed by atoms with Gasteiger partial charge in [0.1, 0.15) is 0 Å². The van der Waals surface area contributed by atoms with E-state index in [1.165, 1.54) is 18.4 Å². The van der Waals surface area contributed by atoms with Crippen molar-refractivity contribution in [2.45, 2.75) is 26.2 Å². The zero-order valence-corrected chi connectivity index (χ0v) is 13.7. The summed E-state index contributed by atoms with van der Waals surface area (Å²) in [6.45, 7) is 2.18. The molecule has 0 amide bonds. The minimum atomic E-state index is -0.0126. The maximum Gasteiger partial charge on any atom is 0.194 e. The topological polar surface area (TPSA) is 17.1 Å². The van der Waals surface area contributed by atoms with Crippen LogP contribution in [0.5, 0.6) is 0 Å². The lowest BCUT2D eigenvalue weighted by atomic mass is 10.0. The van der Waals surface area contributed by atoms with Crippen LogP contribution >= 0.6 is 27.5 Å². The summed E-state index contributed by atoms with van der Waals surface area (Å²) in [4.78, 5) is 12.5. The van der Waals surface area contributed by atoms with Gasteiger partial charge in [-0.15, -0.1) is 0 Å². The number of hydrogen-bond acceptors (Lipinski definition) is 1. The smallest absolute Gasteiger partial charge is 0.194 e. The van der Waals surface area contributed by atoms with Gasteiger partial charge in [0.15, 0.2) is 5.78 Å². The molecular weight excluding hydrogens is 336 g/mol. The van der Waals surface area contributed by atoms with Crippen molar-refractivity contribution in [2.75, 3.05) is 0 Å². The SMILES string of the molecule is CCCCc1ccc(C(=O)c2cc(Cl)ccc2Br)cc1. The van der Waals surface area contributed by atoms with Gasteiger partial charge in [-0.05, 0) is 36.6 Å². The fourth-order valence-electron chi connectivity index (χ4n) is 2.03. The number of rotatable bonds is 5. The summed E-state index contributed by atoms with van der Waals surface area (Å²) in [7, 11) is 0. The molecule has 0 aliphatic heterocycles. The highest BCUT2D eigenvalue weighted by atomic mass is 79.9. The normalized spacial score (nSPS) is 10.6. The monoisotopic (exact) mass is 350 g/mol. The minimum Gasteiger partial charge on any atom is -0.289 e. The summed E-state index contributed by atoms with van der Waals surface area (Å²) >= 11 is 9.36. The van der Waals surface area contributed by atoms with E-state index in [-0.39, 0.29) is 5.78 Å². The Balaban J connectivity index is 2.22. The van der Waals surface area contributed by atoms with E-state index < -0.39 is 0 Å². The van der Waals surface area contributed by atoms with E-state index >= 15 is 0 Å². The molecule has 0 saturated carbocycles. The summed E-state index contributed by atoms with van der Waals surface area (Å²) in [6, 6.07) is 13.1. The van der Waals surface area contributed by atoms with Gasteiger partial charge in [-0.2, -0.15) is 0 Å². The van der Waals surface area contributed by atoms with Crippen LogP contribution in [0.2, 0.25) is 5.02 Å². The largest absolute Gasteiger partial charge is 0.289 e. The lowest BCUT2D eigenvalue weighted by Crippen LogP contribution is -2.02. The van der Waals surface area contributed by atoms with Crippen LogP contribution in [0.15, 0.2) is 46.9 Å². The second-order valence-corrected chi connectivity index (χ2v) is 6.04. The molecule has 0 aromatic heterocycles. The van der Waals surface area contributed by atoms with Crippen molar-refractivity contribution in [3.05, 3.63) is 68.7 Å². The average Bonchev–Trinajstić information content (AvgIpc) is 2.47. The van der Waals surface area contributed by atoms with Crippen LogP contribution in [0.3, 0.4) is 0 Å². The third-order valence-electron chi connectivity index (χ3n) is 3.21. The van der Waals surface area contributed by atoms with Crippen molar-refractivity contribution < 1.29 is 4.79 Å². The van der Waals surface area contributed by atoms with Gasteiger partial charge in [-0.25, -0.2) is 0 Å². The molecule has 0 saturated heterocycles. The van der Waals surface area contributed by atoms with Crippen LogP contribution in [0.4, 0.5) is 0 Å². The Morgan fingerprint density at radius 1 is 1.15 bits per heavy atom. The second-order valence-electron chi connectivity index (χ2n) is 4.75. The molecule has 2 aromatic rings. The summed E-state index contributed by atoms with van der Waals surface area (Å²) in [5.41, 5.74) is 2.56. The lowest BCUT2D eigenvalue weighted by molar-refractivity contribution is 0.103. The van der Waals surface area contributed by atoms with E-state index in [0.29, 0.717) is 16.1 Å². The van der Waals surface area contributed by atoms with E-state index in [1.807, 2.05) is 24.3 Å². The first kappa shape index (κ1) is 15.3. The highest BCUT2D eigenvalue weighted by Gasteiger charge is 2.13. The molecule has 104 valence electrons. The molecule has 0 aliphatic carbocycles. The van der Waals surface area contributed by atoms with Gasteiger partial charge in [0.2, 0.25) is 0 Å². The Morgan fingerprint density at radius 3 is 2.50 bits per heavy atom. The third-order valence-corrected chi connectivity index (χ3v) is 4.13. The Kier molecular flexibility index (Phi) is 5.38. The zero-order chi connectivity index (χ0) is 14.5. The zero-order valence-electron chi connectivity index (χ0n) is 11.3. The maximum absolute atomic E-state index is 12.5. The van der Waals surface area contributed by atoms with Crippen molar-refractivity contribution in [2.24, 2.45) is 0 Å². The van der Waals surface area contributed by atoms with Gasteiger partial charge in [0.25, 0.3) is 0 Å². The first-order valence-corrected chi connectivity index (χ1v) is 7.87. The number of carbonyl (C=O) groups is 1. The standard InChI is InChI=1S/C17H16BrClO/c1-2-3-4-12-5-7-13(8-6-12)17(20)15-11-14(19)9-10-16(15)18/h5-11H,2-4H2,1H3. The quantitative estimate of drug-likeness (QED) is 0.634. The van der Waals surface area contributed by atoms with E-state index in [1.54, 1.807) is 18.2 Å². The van der Waals surface area contributed by atoms with Crippen LogP contribution in [0.1, 0.15) is 41.3 Å². The van der Waals surface area contributed by atoms with E-state index in [2.05, 4.69) is 22.9 Å². The van der Waals surface area contributed by atoms with Crippen molar-refractivity contribution in [1.29, 1.82) is 0 Å². The Labute approximate surface area is 133 Å². The van der Waals surface area contributed by atoms with Gasteiger partial charge in [-0.1, -0.05) is 65.1 Å². The molecule has 0 fully saturated rings. The molecule has 1 nitrogen and oxygen atoms in total. The molecule has 0 aliphatic rings. The lowest BCUT2D eigenvalue weighted by Gasteiger charge is -2.06. The number of hydrogen-bond donors (Lipinski definition) is 0. The predicted molar refractivity (Wildman–Crippen MR) is 87.6 cm³/mol. The number of halogens is 2. The number of unbranched alkanes of at least 4 members (excludes halogenated alkanes) is 1. The van der Waals surface area contributed by atoms with Crippen molar-refractivity contribution in [3.63, 3.8) is 0 Å². The van der Waals surface area contributed by atoms with Crippen molar-refractivity contribution in [1.82, 2.24) is 0 Å². The molecule has 20 heavy (non-hydrogen) atoms. The van der Waals surface area contributed by atoms with Gasteiger partial charge >= 0.3 is 0 Å². The number of carbonyl (C=O) groups excluding carboxylic acids is 1. The van der Waals surface area contributed by atoms with E-state index in [9.17, 15) is 4.79 Å². The average molecular weight is 352 g/mol. The number of aryl methyl sites for hydroxylation is 1. The molecule has 2 aromatic carbocycles. The third kappa shape index (κ3) is 3.71. The van der Waals surface area contributed by atoms with Gasteiger partial charge in [-0.3, -0.25) is 4.79 Å². The van der Waals surface area contributed by atoms with Crippen molar-refractivity contribution in [3.8, 4) is 0 Å². The molecular formula is C17H16BrClO. The molecule has 0 N–H and O–H groups in total. The van der Waals surface area contributed by atoms with Gasteiger partial charge in [0.05, 0.1) is 0 Å². The molecule has 0 atom stereocenters. The summed E-state index contributed by atoms with van der Waals surface area (Å²) in [5.74, 6) is -0.0126. The molecule has 2 rings (SSSR count). The van der Waals surface area contributed by atoms with Crippen LogP contribution in [-0.2, 0) is 6.42 Å². The maximum atomic E-state index is 12.5. The van der Waals surface area contributed by atoms with Crippen LogP contribution < -0.4 is 0 Å². The van der Waals surface area contributed by atoms with Crippen LogP contribution in [0.25, 0.3) is 0 Å². The molecule has 0 spiro atoms. The molecule has 0 bridgehead atoms. The molecule has 0 unspecified atom stereocenters. The van der Waals surface area contributed by atoms with Crippen molar-refractivity contribution >= 4 is 33.3 Å². The molecule has 0 heterocycles. The minimum absolute atomic E-state index is 0.0126. The highest BCUT2D eigenvalue weighted by molar-refractivity contribution is 9.10. The summed E-state index contributed by atoms with van der Waals surface area (Å²) in [5, 5.41) is 0.566. The van der Waals surface area contributed by atoms with Gasteiger partial charge < -0.3 is 0 Å². The molecule has 0 radical (unpaired) electrons. The second kappa shape index (κ2) is 7.05. The van der Waals surface area contributed by atoms with E-state index in [4.69, 9.17) is 11.6 Å². The first-order chi connectivity index (χ1) is 9.61. The van der Waals surface area contributed by atoms with Crippen LogP contribution in [-0.4, -0.2) is 5.78 Å². The highest BCUT2D eigenvalue weighted by Crippen LogP contribution is 2.24. The Bertz CT molecular complexity index is 605. The Hall–Kier alpha value is -1.12. The first-order valence-electron chi connectivity index (χ1n) is 6.70.